The fraction of sp³-hybridized carbons (Fsp3) is 0.538. The van der Waals surface area contributed by atoms with Gasteiger partial charge < -0.3 is 15.7 Å². The van der Waals surface area contributed by atoms with Crippen molar-refractivity contribution in [3.63, 3.8) is 0 Å². The molecule has 17 heavy (non-hydrogen) atoms. The molecule has 94 valence electrons. The number of halogens is 1. The minimum Gasteiger partial charge on any atom is -0.394 e. The Balaban J connectivity index is 2.12. The molecule has 1 saturated heterocycles. The highest BCUT2D eigenvalue weighted by atomic mass is 35.5. The number of anilines is 1. The van der Waals surface area contributed by atoms with E-state index in [0.717, 1.165) is 43.1 Å². The van der Waals surface area contributed by atoms with E-state index in [1.165, 1.54) is 0 Å². The van der Waals surface area contributed by atoms with Gasteiger partial charge in [-0.05, 0) is 31.4 Å². The van der Waals surface area contributed by atoms with Crippen LogP contribution >= 0.6 is 11.6 Å². The van der Waals surface area contributed by atoms with Crippen LogP contribution in [0.2, 0.25) is 5.02 Å². The molecule has 0 saturated carbocycles. The summed E-state index contributed by atoms with van der Waals surface area (Å²) in [5.41, 5.74) is 6.77. The van der Waals surface area contributed by atoms with Crippen LogP contribution in [0.1, 0.15) is 19.3 Å². The second-order valence-corrected chi connectivity index (χ2v) is 5.22. The van der Waals surface area contributed by atoms with Crippen molar-refractivity contribution in [2.45, 2.75) is 24.8 Å². The Hall–Kier alpha value is -0.770. The Bertz CT molecular complexity index is 385. The van der Waals surface area contributed by atoms with Crippen molar-refractivity contribution < 1.29 is 5.11 Å². The second-order valence-electron chi connectivity index (χ2n) is 4.81. The maximum Gasteiger partial charge on any atom is 0.0639 e. The van der Waals surface area contributed by atoms with E-state index in [0.29, 0.717) is 0 Å². The number of nitrogens with zero attached hydrogens (tertiary/aromatic N) is 1. The minimum absolute atomic E-state index is 0.0589. The van der Waals surface area contributed by atoms with Crippen LogP contribution < -0.4 is 10.6 Å². The van der Waals surface area contributed by atoms with Gasteiger partial charge in [-0.1, -0.05) is 23.7 Å². The molecule has 0 spiro atoms. The molecule has 1 atom stereocenters. The lowest BCUT2D eigenvalue weighted by atomic mass is 9.93. The summed E-state index contributed by atoms with van der Waals surface area (Å²) in [7, 11) is 0. The van der Waals surface area contributed by atoms with Crippen LogP contribution in [0.4, 0.5) is 5.69 Å². The third-order valence-electron chi connectivity index (χ3n) is 3.49. The van der Waals surface area contributed by atoms with Crippen molar-refractivity contribution in [1.82, 2.24) is 0 Å². The normalized spacial score (nSPS) is 25.7. The molecule has 2 rings (SSSR count). The van der Waals surface area contributed by atoms with Crippen molar-refractivity contribution in [1.29, 1.82) is 0 Å². The largest absolute Gasteiger partial charge is 0.394 e. The smallest absolute Gasteiger partial charge is 0.0639 e. The highest BCUT2D eigenvalue weighted by Crippen LogP contribution is 2.29. The highest BCUT2D eigenvalue weighted by molar-refractivity contribution is 6.33. The molecular weight excluding hydrogens is 236 g/mol. The summed E-state index contributed by atoms with van der Waals surface area (Å²) in [5.74, 6) is 0. The molecule has 1 aromatic carbocycles. The van der Waals surface area contributed by atoms with E-state index in [1.807, 2.05) is 24.3 Å². The quantitative estimate of drug-likeness (QED) is 0.849. The molecule has 3 nitrogen and oxygen atoms in total. The van der Waals surface area contributed by atoms with Gasteiger partial charge in [-0.2, -0.15) is 0 Å². The summed E-state index contributed by atoms with van der Waals surface area (Å²) in [4.78, 5) is 2.26. The van der Waals surface area contributed by atoms with Crippen molar-refractivity contribution in [2.24, 2.45) is 5.73 Å². The van der Waals surface area contributed by atoms with Gasteiger partial charge in [-0.15, -0.1) is 0 Å². The van der Waals surface area contributed by atoms with Gasteiger partial charge in [0.1, 0.15) is 0 Å². The summed E-state index contributed by atoms with van der Waals surface area (Å²) >= 11 is 6.19. The minimum atomic E-state index is -0.421. The number of nitrogens with two attached hydrogens (primary N) is 1. The topological polar surface area (TPSA) is 49.5 Å². The molecule has 0 radical (unpaired) electrons. The van der Waals surface area contributed by atoms with Gasteiger partial charge in [0.05, 0.1) is 17.3 Å². The second kappa shape index (κ2) is 5.25. The lowest BCUT2D eigenvalue weighted by molar-refractivity contribution is 0.183. The van der Waals surface area contributed by atoms with Gasteiger partial charge in [0.2, 0.25) is 0 Å². The molecule has 0 amide bonds. The Kier molecular flexibility index (Phi) is 3.92. The Labute approximate surface area is 107 Å². The van der Waals surface area contributed by atoms with Crippen LogP contribution in [0.3, 0.4) is 0 Å². The molecule has 4 heteroatoms. The molecule has 1 fully saturated rings. The van der Waals surface area contributed by atoms with E-state index in [1.54, 1.807) is 0 Å². The molecule has 0 aromatic heterocycles. The third-order valence-corrected chi connectivity index (χ3v) is 3.81. The standard InChI is InChI=1S/C13H19ClN2O/c14-11-4-1-2-5-12(11)16-8-3-6-13(15,10-17)7-9-16/h1-2,4-5,17H,3,6-10,15H2. The highest BCUT2D eigenvalue weighted by Gasteiger charge is 2.28. The molecule has 1 aromatic rings. The zero-order valence-electron chi connectivity index (χ0n) is 9.90. The van der Waals surface area contributed by atoms with E-state index in [2.05, 4.69) is 4.90 Å². The summed E-state index contributed by atoms with van der Waals surface area (Å²) in [6, 6.07) is 7.87. The van der Waals surface area contributed by atoms with E-state index >= 15 is 0 Å². The number of rotatable bonds is 2. The Morgan fingerprint density at radius 3 is 2.76 bits per heavy atom. The lowest BCUT2D eigenvalue weighted by Crippen LogP contribution is -2.44. The molecule has 0 aliphatic carbocycles. The molecule has 1 aliphatic rings. The van der Waals surface area contributed by atoms with Crippen LogP contribution in [-0.4, -0.2) is 30.3 Å². The van der Waals surface area contributed by atoms with Gasteiger partial charge in [0.25, 0.3) is 0 Å². The lowest BCUT2D eigenvalue weighted by Gasteiger charge is -2.26. The maximum atomic E-state index is 9.32. The first-order valence-electron chi connectivity index (χ1n) is 6.04. The number of aliphatic hydroxyl groups is 1. The molecule has 1 heterocycles. The number of hydrogen-bond acceptors (Lipinski definition) is 3. The van der Waals surface area contributed by atoms with E-state index in [-0.39, 0.29) is 6.61 Å². The van der Waals surface area contributed by atoms with Crippen LogP contribution in [0, 0.1) is 0 Å². The van der Waals surface area contributed by atoms with Crippen molar-refractivity contribution >= 4 is 17.3 Å². The number of para-hydroxylation sites is 1. The molecular formula is C13H19ClN2O. The first-order chi connectivity index (χ1) is 8.14. The van der Waals surface area contributed by atoms with Crippen LogP contribution in [0.5, 0.6) is 0 Å². The molecule has 1 unspecified atom stereocenters. The van der Waals surface area contributed by atoms with Crippen LogP contribution in [0.15, 0.2) is 24.3 Å². The average molecular weight is 255 g/mol. The van der Waals surface area contributed by atoms with Gasteiger partial charge in [-0.25, -0.2) is 0 Å². The maximum absolute atomic E-state index is 9.32. The summed E-state index contributed by atoms with van der Waals surface area (Å²) < 4.78 is 0. The summed E-state index contributed by atoms with van der Waals surface area (Å²) in [5, 5.41) is 10.1. The van der Waals surface area contributed by atoms with Gasteiger partial charge in [-0.3, -0.25) is 0 Å². The van der Waals surface area contributed by atoms with Crippen molar-refractivity contribution in [3.8, 4) is 0 Å². The fourth-order valence-electron chi connectivity index (χ4n) is 2.32. The van der Waals surface area contributed by atoms with E-state index in [4.69, 9.17) is 17.3 Å². The Morgan fingerprint density at radius 2 is 2.06 bits per heavy atom. The SMILES string of the molecule is NC1(CO)CCCN(c2ccccc2Cl)CC1. The number of hydrogen-bond donors (Lipinski definition) is 2. The predicted molar refractivity (Wildman–Crippen MR) is 71.5 cm³/mol. The summed E-state index contributed by atoms with van der Waals surface area (Å²) in [6.07, 6.45) is 2.65. The van der Waals surface area contributed by atoms with E-state index < -0.39 is 5.54 Å². The first-order valence-corrected chi connectivity index (χ1v) is 6.42. The monoisotopic (exact) mass is 254 g/mol. The summed E-state index contributed by atoms with van der Waals surface area (Å²) in [6.45, 7) is 1.85. The van der Waals surface area contributed by atoms with E-state index in [9.17, 15) is 5.11 Å². The first kappa shape index (κ1) is 12.7. The van der Waals surface area contributed by atoms with Gasteiger partial charge in [0.15, 0.2) is 0 Å². The van der Waals surface area contributed by atoms with Gasteiger partial charge >= 0.3 is 0 Å². The number of benzene rings is 1. The zero-order valence-corrected chi connectivity index (χ0v) is 10.7. The Morgan fingerprint density at radius 1 is 1.29 bits per heavy atom. The van der Waals surface area contributed by atoms with Gasteiger partial charge in [0, 0.05) is 18.6 Å². The fourth-order valence-corrected chi connectivity index (χ4v) is 2.58. The average Bonchev–Trinajstić information content (AvgIpc) is 2.53. The molecule has 3 N–H and O–H groups in total. The number of aliphatic hydroxyl groups excluding tert-OH is 1. The molecule has 1 aliphatic heterocycles. The zero-order chi connectivity index (χ0) is 12.3. The molecule has 0 bridgehead atoms. The van der Waals surface area contributed by atoms with Crippen molar-refractivity contribution in [2.75, 3.05) is 24.6 Å². The predicted octanol–water partition coefficient (Wildman–Crippen LogP) is 2.02. The third kappa shape index (κ3) is 2.92. The van der Waals surface area contributed by atoms with Crippen LogP contribution in [0.25, 0.3) is 0 Å². The van der Waals surface area contributed by atoms with Crippen molar-refractivity contribution in [3.05, 3.63) is 29.3 Å². The van der Waals surface area contributed by atoms with Crippen LogP contribution in [-0.2, 0) is 0 Å².